The van der Waals surface area contributed by atoms with Crippen molar-refractivity contribution in [3.05, 3.63) is 290 Å². The van der Waals surface area contributed by atoms with Gasteiger partial charge in [0.25, 0.3) is 22.2 Å². The number of nitrogens with zero attached hydrogens (tertiary/aromatic N) is 6. The monoisotopic (exact) mass is 1260 g/mol. The van der Waals surface area contributed by atoms with E-state index < -0.39 is 51.3 Å². The topological polar surface area (TPSA) is 300 Å². The van der Waals surface area contributed by atoms with Gasteiger partial charge >= 0.3 is 0 Å². The molecular weight excluding hydrogens is 1220 g/mol. The quantitative estimate of drug-likeness (QED) is 0.0692. The van der Waals surface area contributed by atoms with Crippen molar-refractivity contribution in [3.63, 3.8) is 0 Å². The van der Waals surface area contributed by atoms with Crippen molar-refractivity contribution < 1.29 is 40.9 Å². The summed E-state index contributed by atoms with van der Waals surface area (Å²) < 4.78 is 90.5. The summed E-state index contributed by atoms with van der Waals surface area (Å²) >= 11 is 0. The highest BCUT2D eigenvalue weighted by Gasteiger charge is 2.19. The SMILES string of the molecule is C#Cc1ccccc1COc1[nH]c(=O)c(C#N)c2ccc(F)cc12.Cc1cccc(F)c1COc1[nH]c(=O)c(C#N)c2ccc(F)cc12.Cc1ccccc1COc1[nH]c(=O)c(C#N)c2ccc(F)cc12.N#Cc1ncccc1Oc1[nH]c(=O)c(C#N)c2ccc(F)cc12. The van der Waals surface area contributed by atoms with Crippen LogP contribution >= 0.6 is 0 Å². The molecule has 0 bridgehead atoms. The van der Waals surface area contributed by atoms with E-state index in [-0.39, 0.29) is 98.6 Å². The fourth-order valence-corrected chi connectivity index (χ4v) is 9.50. The van der Waals surface area contributed by atoms with Gasteiger partial charge in [0.1, 0.15) is 102 Å². The standard InChI is InChI=1S/C19H11FN2O2.C18H12F2N2O2.C18H13FN2O2.C16H7FN4O2/c1-2-12-5-3-4-6-13(12)11-24-19-16-9-14(20)7-8-15(16)17(10-21)18(23)22-19;1-10-3-2-4-16(20)15(10)9-24-18-13-7-11(19)5-6-12(13)14(8-21)17(23)22-18;1-11-4-2-3-5-12(11)10-23-18-15-8-13(19)6-7-14(15)16(9-20)17(22)21-18;17-9-3-4-10-11(6-9)16(21-15(22)12(10)7-18)23-14-2-1-5-20-13(14)8-19/h1,3-9H,11H2,(H,22,23);2-7H,9H2,1H3,(H,22,23);2-8H,10H2,1H3,(H,21,22);1-6H,(H,21,22). The summed E-state index contributed by atoms with van der Waals surface area (Å²) in [5.41, 5.74) is 1.66. The lowest BCUT2D eigenvalue weighted by Crippen LogP contribution is -2.13. The second kappa shape index (κ2) is 29.1. The summed E-state index contributed by atoms with van der Waals surface area (Å²) in [7, 11) is 0. The van der Waals surface area contributed by atoms with Gasteiger partial charge in [0.15, 0.2) is 11.4 Å². The lowest BCUT2D eigenvalue weighted by molar-refractivity contribution is 0.290. The molecule has 0 spiro atoms. The molecule has 0 radical (unpaired) electrons. The fourth-order valence-electron chi connectivity index (χ4n) is 9.50. The summed E-state index contributed by atoms with van der Waals surface area (Å²) in [6, 6.07) is 46.7. The van der Waals surface area contributed by atoms with Gasteiger partial charge in [-0.1, -0.05) is 60.5 Å². The molecule has 460 valence electrons. The Bertz CT molecular complexity index is 5490. The highest BCUT2D eigenvalue weighted by molar-refractivity contribution is 5.94. The number of fused-ring (bicyclic) bond motifs is 4. The zero-order valence-electron chi connectivity index (χ0n) is 49.0. The van der Waals surface area contributed by atoms with Gasteiger partial charge in [0.05, 0.1) is 0 Å². The highest BCUT2D eigenvalue weighted by atomic mass is 19.1. The minimum atomic E-state index is -0.663. The highest BCUT2D eigenvalue weighted by Crippen LogP contribution is 2.32. The molecule has 0 aliphatic carbocycles. The molecule has 0 fully saturated rings. The molecule has 5 aromatic heterocycles. The van der Waals surface area contributed by atoms with Crippen LogP contribution in [-0.4, -0.2) is 24.9 Å². The first-order valence-corrected chi connectivity index (χ1v) is 27.7. The summed E-state index contributed by atoms with van der Waals surface area (Å²) in [5.74, 6) is 0.382. The number of nitrogens with one attached hydrogen (secondary N) is 4. The first kappa shape index (κ1) is 64.9. The fraction of sp³-hybridized carbons (Fsp3) is 0.0704. The van der Waals surface area contributed by atoms with Crippen molar-refractivity contribution in [1.82, 2.24) is 24.9 Å². The predicted molar refractivity (Wildman–Crippen MR) is 336 cm³/mol. The number of hydrogen-bond acceptors (Lipinski definition) is 14. The molecule has 12 rings (SSSR count). The van der Waals surface area contributed by atoms with Crippen LogP contribution in [0.2, 0.25) is 0 Å². The minimum absolute atomic E-state index is 0.00356. The molecule has 4 N–H and O–H groups in total. The van der Waals surface area contributed by atoms with E-state index in [1.165, 1.54) is 66.9 Å². The molecule has 0 saturated carbocycles. The number of aromatic amines is 4. The van der Waals surface area contributed by atoms with Gasteiger partial charge in [-0.25, -0.2) is 26.9 Å². The third-order valence-corrected chi connectivity index (χ3v) is 14.2. The molecule has 7 aromatic carbocycles. The van der Waals surface area contributed by atoms with Gasteiger partial charge in [-0.05, 0) is 128 Å². The van der Waals surface area contributed by atoms with Crippen molar-refractivity contribution in [3.8, 4) is 72.0 Å². The Kier molecular flexibility index (Phi) is 20.1. The minimum Gasteiger partial charge on any atom is -0.474 e. The first-order valence-electron chi connectivity index (χ1n) is 27.7. The third kappa shape index (κ3) is 14.4. The number of pyridine rings is 5. The van der Waals surface area contributed by atoms with Crippen LogP contribution in [0.3, 0.4) is 0 Å². The lowest BCUT2D eigenvalue weighted by atomic mass is 10.1. The van der Waals surface area contributed by atoms with E-state index >= 15 is 0 Å². The smallest absolute Gasteiger partial charge is 0.269 e. The van der Waals surface area contributed by atoms with E-state index in [9.17, 15) is 41.1 Å². The number of hydrogen-bond donors (Lipinski definition) is 4. The molecule has 94 heavy (non-hydrogen) atoms. The Morgan fingerprint density at radius 2 is 0.819 bits per heavy atom. The molecular formula is C71H43F5N10O8. The molecule has 12 aromatic rings. The van der Waals surface area contributed by atoms with Crippen molar-refractivity contribution in [2.24, 2.45) is 0 Å². The molecule has 5 heterocycles. The van der Waals surface area contributed by atoms with Crippen LogP contribution in [0.25, 0.3) is 43.1 Å². The van der Waals surface area contributed by atoms with Gasteiger partial charge in [-0.15, -0.1) is 6.42 Å². The zero-order valence-corrected chi connectivity index (χ0v) is 49.0. The van der Waals surface area contributed by atoms with Crippen molar-refractivity contribution in [2.45, 2.75) is 33.7 Å². The van der Waals surface area contributed by atoms with Crippen LogP contribution in [0.1, 0.15) is 61.3 Å². The Morgan fingerprint density at radius 3 is 1.24 bits per heavy atom. The second-order valence-corrected chi connectivity index (χ2v) is 20.0. The van der Waals surface area contributed by atoms with Gasteiger partial charge in [-0.2, -0.15) is 26.3 Å². The zero-order chi connectivity index (χ0) is 67.2. The number of aromatic nitrogens is 5. The Balaban J connectivity index is 0.000000148. The number of aryl methyl sites for hydroxylation is 2. The largest absolute Gasteiger partial charge is 0.474 e. The van der Waals surface area contributed by atoms with E-state index in [4.69, 9.17) is 51.7 Å². The molecule has 0 aliphatic heterocycles. The molecule has 0 atom stereocenters. The van der Waals surface area contributed by atoms with E-state index in [1.807, 2.05) is 61.5 Å². The van der Waals surface area contributed by atoms with Crippen molar-refractivity contribution in [1.29, 1.82) is 26.3 Å². The van der Waals surface area contributed by atoms with Crippen LogP contribution in [0.5, 0.6) is 29.3 Å². The second-order valence-electron chi connectivity index (χ2n) is 20.0. The van der Waals surface area contributed by atoms with Gasteiger partial charge < -0.3 is 18.9 Å². The van der Waals surface area contributed by atoms with Crippen LogP contribution in [0.4, 0.5) is 22.0 Å². The third-order valence-electron chi connectivity index (χ3n) is 14.2. The maximum atomic E-state index is 13.9. The Labute approximate surface area is 528 Å². The summed E-state index contributed by atoms with van der Waals surface area (Å²) in [6.45, 7) is 3.90. The maximum absolute atomic E-state index is 13.9. The van der Waals surface area contributed by atoms with Gasteiger partial charge in [0, 0.05) is 66.0 Å². The predicted octanol–water partition coefficient (Wildman–Crippen LogP) is 12.7. The first-order chi connectivity index (χ1) is 45.4. The van der Waals surface area contributed by atoms with E-state index in [2.05, 4.69) is 30.8 Å². The number of rotatable bonds is 11. The van der Waals surface area contributed by atoms with Gasteiger partial charge in [-0.3, -0.25) is 39.1 Å². The number of halogens is 5. The summed E-state index contributed by atoms with van der Waals surface area (Å²) in [5, 5.41) is 47.9. The van der Waals surface area contributed by atoms with E-state index in [0.717, 1.165) is 41.0 Å². The molecule has 18 nitrogen and oxygen atoms in total. The number of benzene rings is 7. The van der Waals surface area contributed by atoms with Crippen molar-refractivity contribution in [2.75, 3.05) is 0 Å². The Hall–Kier alpha value is -13.6. The maximum Gasteiger partial charge on any atom is 0.269 e. The molecule has 23 heteroatoms. The van der Waals surface area contributed by atoms with Crippen LogP contribution in [0.15, 0.2) is 177 Å². The summed E-state index contributed by atoms with van der Waals surface area (Å²) in [6.07, 6.45) is 6.86. The molecule has 0 amide bonds. The van der Waals surface area contributed by atoms with E-state index in [1.54, 1.807) is 49.4 Å². The van der Waals surface area contributed by atoms with Crippen LogP contribution in [-0.2, 0) is 19.8 Å². The van der Waals surface area contributed by atoms with Gasteiger partial charge in [0.2, 0.25) is 23.5 Å². The summed E-state index contributed by atoms with van der Waals surface area (Å²) in [4.78, 5) is 61.6. The van der Waals surface area contributed by atoms with Crippen molar-refractivity contribution >= 4 is 43.1 Å². The number of terminal acetylenes is 1. The molecule has 0 saturated heterocycles. The average Bonchev–Trinajstić information content (AvgIpc) is 0.807. The number of H-pyrrole nitrogens is 4. The lowest BCUT2D eigenvalue weighted by Gasteiger charge is -2.12. The van der Waals surface area contributed by atoms with Crippen LogP contribution < -0.4 is 41.2 Å². The van der Waals surface area contributed by atoms with E-state index in [0.29, 0.717) is 38.2 Å². The Morgan fingerprint density at radius 1 is 0.426 bits per heavy atom. The average molecular weight is 1260 g/mol. The molecule has 0 unspecified atom stereocenters. The molecule has 0 aliphatic rings. The van der Waals surface area contributed by atoms with Crippen LogP contribution in [0, 0.1) is 112 Å². The number of ether oxygens (including phenoxy) is 4. The number of nitriles is 5. The normalized spacial score (nSPS) is 10.3.